The van der Waals surface area contributed by atoms with Gasteiger partial charge in [-0.3, -0.25) is 24.6 Å². The number of hydrogen-bond donors (Lipinski definition) is 1. The number of nitro benzene ring substituents is 1. The SMILES string of the molecule is O=C(CN1C(=O)COc2ccc([N+](=O)[O-])cc21)Nc1cccc(N2CCOCC2)c1. The van der Waals surface area contributed by atoms with Gasteiger partial charge in [0, 0.05) is 36.6 Å². The van der Waals surface area contributed by atoms with Crippen LogP contribution in [0.25, 0.3) is 0 Å². The first kappa shape index (κ1) is 19.6. The van der Waals surface area contributed by atoms with Crippen LogP contribution < -0.4 is 19.9 Å². The van der Waals surface area contributed by atoms with Gasteiger partial charge in [-0.2, -0.15) is 0 Å². The molecule has 0 atom stereocenters. The summed E-state index contributed by atoms with van der Waals surface area (Å²) in [4.78, 5) is 38.8. The fourth-order valence-corrected chi connectivity index (χ4v) is 3.42. The number of carbonyl (C=O) groups excluding carboxylic acids is 2. The number of rotatable bonds is 5. The number of fused-ring (bicyclic) bond motifs is 1. The third-order valence-electron chi connectivity index (χ3n) is 4.90. The number of carbonyl (C=O) groups is 2. The van der Waals surface area contributed by atoms with E-state index in [0.29, 0.717) is 24.7 Å². The molecule has 2 aliphatic rings. The molecular formula is C20H20N4O6. The summed E-state index contributed by atoms with van der Waals surface area (Å²) in [7, 11) is 0. The topological polar surface area (TPSA) is 114 Å². The van der Waals surface area contributed by atoms with Gasteiger partial charge in [-0.25, -0.2) is 0 Å². The lowest BCUT2D eigenvalue weighted by Gasteiger charge is -2.29. The fraction of sp³-hybridized carbons (Fsp3) is 0.300. The van der Waals surface area contributed by atoms with Crippen LogP contribution in [0.2, 0.25) is 0 Å². The van der Waals surface area contributed by atoms with Crippen molar-refractivity contribution in [1.82, 2.24) is 0 Å². The average molecular weight is 412 g/mol. The molecule has 1 saturated heterocycles. The van der Waals surface area contributed by atoms with E-state index in [1.54, 1.807) is 6.07 Å². The Bertz CT molecular complexity index is 989. The molecule has 10 heteroatoms. The third-order valence-corrected chi connectivity index (χ3v) is 4.90. The van der Waals surface area contributed by atoms with Crippen LogP contribution in [-0.2, 0) is 14.3 Å². The van der Waals surface area contributed by atoms with Crippen LogP contribution in [0, 0.1) is 10.1 Å². The zero-order chi connectivity index (χ0) is 21.1. The maximum Gasteiger partial charge on any atom is 0.271 e. The molecule has 0 bridgehead atoms. The lowest BCUT2D eigenvalue weighted by atomic mass is 10.2. The van der Waals surface area contributed by atoms with Crippen molar-refractivity contribution in [2.24, 2.45) is 0 Å². The number of benzene rings is 2. The summed E-state index contributed by atoms with van der Waals surface area (Å²) < 4.78 is 10.7. The summed E-state index contributed by atoms with van der Waals surface area (Å²) in [6.07, 6.45) is 0. The van der Waals surface area contributed by atoms with E-state index in [-0.39, 0.29) is 24.5 Å². The smallest absolute Gasteiger partial charge is 0.271 e. The van der Waals surface area contributed by atoms with E-state index in [2.05, 4.69) is 10.2 Å². The maximum atomic E-state index is 12.6. The Morgan fingerprint density at radius 2 is 1.97 bits per heavy atom. The molecule has 30 heavy (non-hydrogen) atoms. The van der Waals surface area contributed by atoms with Crippen LogP contribution in [-0.4, -0.2) is 56.2 Å². The molecule has 0 saturated carbocycles. The Labute approximate surface area is 172 Å². The highest BCUT2D eigenvalue weighted by Crippen LogP contribution is 2.35. The Hall–Kier alpha value is -3.66. The van der Waals surface area contributed by atoms with E-state index in [4.69, 9.17) is 9.47 Å². The second-order valence-corrected chi connectivity index (χ2v) is 6.88. The van der Waals surface area contributed by atoms with E-state index in [1.165, 1.54) is 23.1 Å². The van der Waals surface area contributed by atoms with Crippen LogP contribution in [0.4, 0.5) is 22.7 Å². The zero-order valence-electron chi connectivity index (χ0n) is 16.1. The average Bonchev–Trinajstić information content (AvgIpc) is 2.76. The number of nitrogens with zero attached hydrogens (tertiary/aromatic N) is 3. The molecule has 2 aromatic carbocycles. The summed E-state index contributed by atoms with van der Waals surface area (Å²) in [5.74, 6) is -0.538. The minimum atomic E-state index is -0.561. The van der Waals surface area contributed by atoms with Crippen molar-refractivity contribution < 1.29 is 24.0 Å². The van der Waals surface area contributed by atoms with Gasteiger partial charge < -0.3 is 19.7 Å². The number of ether oxygens (including phenoxy) is 2. The van der Waals surface area contributed by atoms with Crippen LogP contribution in [0.5, 0.6) is 5.75 Å². The van der Waals surface area contributed by atoms with Crippen molar-refractivity contribution in [2.75, 3.05) is 54.6 Å². The molecule has 1 N–H and O–H groups in total. The summed E-state index contributed by atoms with van der Waals surface area (Å²) in [5, 5.41) is 13.9. The number of hydrogen-bond acceptors (Lipinski definition) is 7. The first-order valence-corrected chi connectivity index (χ1v) is 9.45. The number of nitrogens with one attached hydrogen (secondary N) is 1. The van der Waals surface area contributed by atoms with Crippen molar-refractivity contribution >= 4 is 34.6 Å². The Balaban J connectivity index is 1.49. The van der Waals surface area contributed by atoms with Gasteiger partial charge in [0.2, 0.25) is 5.91 Å². The van der Waals surface area contributed by atoms with Gasteiger partial charge in [0.25, 0.3) is 11.6 Å². The van der Waals surface area contributed by atoms with Gasteiger partial charge in [0.05, 0.1) is 23.8 Å². The minimum Gasteiger partial charge on any atom is -0.482 e. The van der Waals surface area contributed by atoms with Crippen LogP contribution >= 0.6 is 0 Å². The van der Waals surface area contributed by atoms with E-state index >= 15 is 0 Å². The van der Waals surface area contributed by atoms with Gasteiger partial charge in [0.15, 0.2) is 6.61 Å². The van der Waals surface area contributed by atoms with Gasteiger partial charge in [0.1, 0.15) is 12.3 Å². The van der Waals surface area contributed by atoms with Crippen LogP contribution in [0.15, 0.2) is 42.5 Å². The Morgan fingerprint density at radius 1 is 1.17 bits per heavy atom. The highest BCUT2D eigenvalue weighted by atomic mass is 16.6. The summed E-state index contributed by atoms with van der Waals surface area (Å²) in [5.41, 5.74) is 1.59. The van der Waals surface area contributed by atoms with Gasteiger partial charge in [-0.1, -0.05) is 6.07 Å². The highest BCUT2D eigenvalue weighted by Gasteiger charge is 2.29. The molecule has 2 aliphatic heterocycles. The van der Waals surface area contributed by atoms with Crippen molar-refractivity contribution in [3.8, 4) is 5.75 Å². The fourth-order valence-electron chi connectivity index (χ4n) is 3.42. The molecule has 0 radical (unpaired) electrons. The summed E-state index contributed by atoms with van der Waals surface area (Å²) in [6, 6.07) is 11.4. The Morgan fingerprint density at radius 3 is 2.73 bits per heavy atom. The van der Waals surface area contributed by atoms with Crippen molar-refractivity contribution in [2.45, 2.75) is 0 Å². The van der Waals surface area contributed by atoms with E-state index < -0.39 is 16.7 Å². The van der Waals surface area contributed by atoms with Crippen LogP contribution in [0.3, 0.4) is 0 Å². The predicted octanol–water partition coefficient (Wildman–Crippen LogP) is 1.80. The molecular weight excluding hydrogens is 392 g/mol. The summed E-state index contributed by atoms with van der Waals surface area (Å²) in [6.45, 7) is 2.34. The molecule has 0 aromatic heterocycles. The number of amides is 2. The lowest BCUT2D eigenvalue weighted by Crippen LogP contribution is -2.43. The number of anilines is 3. The van der Waals surface area contributed by atoms with Gasteiger partial charge in [-0.05, 0) is 24.3 Å². The Kier molecular flexibility index (Phi) is 5.48. The first-order chi connectivity index (χ1) is 14.5. The molecule has 2 amide bonds. The standard InChI is InChI=1S/C20H20N4O6/c25-19(21-14-2-1-3-15(10-14)22-6-8-29-9-7-22)12-23-17-11-16(24(27)28)4-5-18(17)30-13-20(23)26/h1-5,10-11H,6-9,12-13H2,(H,21,25). The normalized spacial score (nSPS) is 15.9. The quantitative estimate of drug-likeness (QED) is 0.588. The van der Waals surface area contributed by atoms with Crippen molar-refractivity contribution in [3.05, 3.63) is 52.6 Å². The largest absolute Gasteiger partial charge is 0.482 e. The minimum absolute atomic E-state index is 0.185. The highest BCUT2D eigenvalue weighted by molar-refractivity contribution is 6.05. The molecule has 1 fully saturated rings. The molecule has 0 unspecified atom stereocenters. The van der Waals surface area contributed by atoms with E-state index in [9.17, 15) is 19.7 Å². The lowest BCUT2D eigenvalue weighted by molar-refractivity contribution is -0.384. The maximum absolute atomic E-state index is 12.6. The van der Waals surface area contributed by atoms with Crippen molar-refractivity contribution in [3.63, 3.8) is 0 Å². The monoisotopic (exact) mass is 412 g/mol. The molecule has 2 heterocycles. The first-order valence-electron chi connectivity index (χ1n) is 9.45. The molecule has 2 aromatic rings. The second kappa shape index (κ2) is 8.37. The zero-order valence-corrected chi connectivity index (χ0v) is 16.1. The van der Waals surface area contributed by atoms with E-state index in [1.807, 2.05) is 18.2 Å². The predicted molar refractivity (Wildman–Crippen MR) is 109 cm³/mol. The third kappa shape index (κ3) is 4.18. The molecule has 10 nitrogen and oxygen atoms in total. The molecule has 156 valence electrons. The molecule has 0 aliphatic carbocycles. The number of non-ortho nitro benzene ring substituents is 1. The second-order valence-electron chi connectivity index (χ2n) is 6.88. The molecule has 0 spiro atoms. The van der Waals surface area contributed by atoms with E-state index in [0.717, 1.165) is 18.8 Å². The van der Waals surface area contributed by atoms with Gasteiger partial charge in [-0.15, -0.1) is 0 Å². The van der Waals surface area contributed by atoms with Crippen molar-refractivity contribution in [1.29, 1.82) is 0 Å². The van der Waals surface area contributed by atoms with Gasteiger partial charge >= 0.3 is 0 Å². The number of nitro groups is 1. The number of morpholine rings is 1. The molecule has 4 rings (SSSR count). The van der Waals surface area contributed by atoms with Crippen LogP contribution in [0.1, 0.15) is 0 Å². The summed E-state index contributed by atoms with van der Waals surface area (Å²) >= 11 is 0.